The van der Waals surface area contributed by atoms with Gasteiger partial charge in [-0.2, -0.15) is 0 Å². The Hall–Kier alpha value is -3.36. The zero-order valence-corrected chi connectivity index (χ0v) is 17.1. The number of amides is 1. The molecule has 0 saturated carbocycles. The van der Waals surface area contributed by atoms with Gasteiger partial charge in [-0.05, 0) is 43.3 Å². The molecule has 1 aromatic heterocycles. The molecule has 30 heavy (non-hydrogen) atoms. The number of pyridine rings is 1. The zero-order chi connectivity index (χ0) is 21.7. The Bertz CT molecular complexity index is 1080. The average Bonchev–Trinajstić information content (AvgIpc) is 2.71. The fourth-order valence-corrected chi connectivity index (χ4v) is 2.92. The molecule has 0 bridgehead atoms. The maximum atomic E-state index is 12.4. The first-order valence-corrected chi connectivity index (χ1v) is 9.49. The highest BCUT2D eigenvalue weighted by atomic mass is 35.5. The van der Waals surface area contributed by atoms with Crippen molar-refractivity contribution in [3.63, 3.8) is 0 Å². The van der Waals surface area contributed by atoms with Gasteiger partial charge < -0.3 is 15.4 Å². The number of rotatable bonds is 7. The third-order valence-corrected chi connectivity index (χ3v) is 4.46. The number of carbonyl (C=O) groups is 1. The van der Waals surface area contributed by atoms with Gasteiger partial charge in [-0.25, -0.2) is 4.98 Å². The van der Waals surface area contributed by atoms with Crippen LogP contribution in [0.3, 0.4) is 0 Å². The van der Waals surface area contributed by atoms with Gasteiger partial charge in [-0.1, -0.05) is 35.3 Å². The summed E-state index contributed by atoms with van der Waals surface area (Å²) in [5.41, 5.74) is 0.619. The maximum absolute atomic E-state index is 12.4. The summed E-state index contributed by atoms with van der Waals surface area (Å²) in [5.74, 6) is 0.301. The van der Waals surface area contributed by atoms with Gasteiger partial charge in [0.2, 0.25) is 11.8 Å². The van der Waals surface area contributed by atoms with Crippen molar-refractivity contribution >= 4 is 46.2 Å². The maximum Gasteiger partial charge on any atom is 0.292 e. The molecule has 2 aromatic carbocycles. The van der Waals surface area contributed by atoms with E-state index < -0.39 is 16.9 Å². The molecule has 0 aliphatic heterocycles. The first-order valence-electron chi connectivity index (χ1n) is 8.73. The third-order valence-electron chi connectivity index (χ3n) is 3.98. The molecular weight excluding hydrogens is 431 g/mol. The number of nitro groups is 1. The van der Waals surface area contributed by atoms with Crippen molar-refractivity contribution in [1.29, 1.82) is 0 Å². The van der Waals surface area contributed by atoms with Crippen LogP contribution >= 0.6 is 23.2 Å². The molecule has 0 aliphatic carbocycles. The van der Waals surface area contributed by atoms with Crippen LogP contribution in [0.5, 0.6) is 11.6 Å². The van der Waals surface area contributed by atoms with Crippen LogP contribution in [0.1, 0.15) is 6.92 Å². The molecule has 8 nitrogen and oxygen atoms in total. The monoisotopic (exact) mass is 446 g/mol. The number of aromatic nitrogens is 1. The van der Waals surface area contributed by atoms with E-state index in [2.05, 4.69) is 15.6 Å². The van der Waals surface area contributed by atoms with Gasteiger partial charge in [0.25, 0.3) is 5.69 Å². The zero-order valence-electron chi connectivity index (χ0n) is 15.6. The number of anilines is 2. The van der Waals surface area contributed by atoms with Crippen LogP contribution in [0.15, 0.2) is 60.8 Å². The van der Waals surface area contributed by atoms with Gasteiger partial charge in [-0.15, -0.1) is 0 Å². The minimum Gasteiger partial charge on any atom is -0.438 e. The van der Waals surface area contributed by atoms with Crippen molar-refractivity contribution in [2.24, 2.45) is 0 Å². The second-order valence-electron chi connectivity index (χ2n) is 6.20. The smallest absolute Gasteiger partial charge is 0.292 e. The molecule has 0 radical (unpaired) electrons. The highest BCUT2D eigenvalue weighted by Crippen LogP contribution is 2.29. The minimum atomic E-state index is -0.649. The normalized spacial score (nSPS) is 11.4. The molecule has 0 saturated heterocycles. The van der Waals surface area contributed by atoms with Gasteiger partial charge >= 0.3 is 0 Å². The highest BCUT2D eigenvalue weighted by Gasteiger charge is 2.18. The van der Waals surface area contributed by atoms with Gasteiger partial charge in [0.15, 0.2) is 0 Å². The van der Waals surface area contributed by atoms with Crippen LogP contribution in [0, 0.1) is 10.1 Å². The Morgan fingerprint density at radius 1 is 1.17 bits per heavy atom. The Kier molecular flexibility index (Phi) is 6.71. The standard InChI is InChI=1S/C20H16Cl2N4O4/c1-12(19(27)25-17-4-2-3-5-18(17)26(28)29)24-14-6-8-15(9-7-14)30-20-16(22)10-13(21)11-23-20/h2-12,24H,1H3,(H,25,27). The SMILES string of the molecule is CC(Nc1ccc(Oc2ncc(Cl)cc2Cl)cc1)C(=O)Nc1ccccc1[N+](=O)[O-]. The number of nitrogens with one attached hydrogen (secondary N) is 2. The molecule has 0 aliphatic rings. The van der Waals surface area contributed by atoms with Gasteiger partial charge in [0, 0.05) is 18.0 Å². The summed E-state index contributed by atoms with van der Waals surface area (Å²) in [6.45, 7) is 1.64. The second kappa shape index (κ2) is 9.43. The van der Waals surface area contributed by atoms with Crippen molar-refractivity contribution in [2.45, 2.75) is 13.0 Å². The number of para-hydroxylation sites is 2. The molecule has 2 N–H and O–H groups in total. The van der Waals surface area contributed by atoms with E-state index in [0.717, 1.165) is 0 Å². The number of hydrogen-bond acceptors (Lipinski definition) is 6. The summed E-state index contributed by atoms with van der Waals surface area (Å²) in [7, 11) is 0. The topological polar surface area (TPSA) is 106 Å². The Morgan fingerprint density at radius 2 is 1.87 bits per heavy atom. The molecule has 0 spiro atoms. The molecule has 3 rings (SSSR count). The lowest BCUT2D eigenvalue weighted by Crippen LogP contribution is -2.32. The first-order chi connectivity index (χ1) is 14.3. The van der Waals surface area contributed by atoms with E-state index in [0.29, 0.717) is 16.5 Å². The van der Waals surface area contributed by atoms with E-state index in [1.807, 2.05) is 0 Å². The van der Waals surface area contributed by atoms with E-state index in [-0.39, 0.29) is 22.3 Å². The second-order valence-corrected chi connectivity index (χ2v) is 7.04. The van der Waals surface area contributed by atoms with Gasteiger partial charge in [-0.3, -0.25) is 14.9 Å². The van der Waals surface area contributed by atoms with Crippen molar-refractivity contribution in [3.05, 3.63) is 81.0 Å². The predicted octanol–water partition coefficient (Wildman–Crippen LogP) is 5.53. The lowest BCUT2D eigenvalue weighted by atomic mass is 10.2. The van der Waals surface area contributed by atoms with Gasteiger partial charge in [0.05, 0.1) is 9.95 Å². The number of benzene rings is 2. The first kappa shape index (κ1) is 21.4. The summed E-state index contributed by atoms with van der Waals surface area (Å²) < 4.78 is 5.61. The van der Waals surface area contributed by atoms with Crippen molar-refractivity contribution in [3.8, 4) is 11.6 Å². The summed E-state index contributed by atoms with van der Waals surface area (Å²) in [6.07, 6.45) is 1.43. The van der Waals surface area contributed by atoms with Crippen LogP contribution in [0.2, 0.25) is 10.0 Å². The van der Waals surface area contributed by atoms with E-state index in [4.69, 9.17) is 27.9 Å². The Morgan fingerprint density at radius 3 is 2.53 bits per heavy atom. The van der Waals surface area contributed by atoms with Crippen LogP contribution in [-0.2, 0) is 4.79 Å². The molecule has 1 amide bonds. The summed E-state index contributed by atoms with van der Waals surface area (Å²) in [6, 6.07) is 13.6. The molecule has 0 fully saturated rings. The summed E-state index contributed by atoms with van der Waals surface area (Å²) >= 11 is 11.9. The molecule has 10 heteroatoms. The number of hydrogen-bond donors (Lipinski definition) is 2. The number of nitrogens with zero attached hydrogens (tertiary/aromatic N) is 2. The molecular formula is C20H16Cl2N4O4. The number of carbonyl (C=O) groups excluding carboxylic acids is 1. The molecule has 1 atom stereocenters. The van der Waals surface area contributed by atoms with Crippen LogP contribution in [-0.4, -0.2) is 21.9 Å². The predicted molar refractivity (Wildman–Crippen MR) is 116 cm³/mol. The fraction of sp³-hybridized carbons (Fsp3) is 0.100. The number of nitro benzene ring substituents is 1. The molecule has 154 valence electrons. The lowest BCUT2D eigenvalue weighted by Gasteiger charge is -2.16. The molecule has 1 unspecified atom stereocenters. The van der Waals surface area contributed by atoms with E-state index in [1.54, 1.807) is 37.3 Å². The Balaban J connectivity index is 1.62. The largest absolute Gasteiger partial charge is 0.438 e. The van der Waals surface area contributed by atoms with Crippen LogP contribution in [0.4, 0.5) is 17.1 Å². The number of halogens is 2. The van der Waals surface area contributed by atoms with Crippen LogP contribution < -0.4 is 15.4 Å². The van der Waals surface area contributed by atoms with E-state index in [9.17, 15) is 14.9 Å². The highest BCUT2D eigenvalue weighted by molar-refractivity contribution is 6.35. The third kappa shape index (κ3) is 5.37. The van der Waals surface area contributed by atoms with Crippen molar-refractivity contribution < 1.29 is 14.5 Å². The minimum absolute atomic E-state index is 0.136. The Labute approximate surface area is 181 Å². The lowest BCUT2D eigenvalue weighted by molar-refractivity contribution is -0.383. The van der Waals surface area contributed by atoms with Crippen LogP contribution in [0.25, 0.3) is 0 Å². The summed E-state index contributed by atoms with van der Waals surface area (Å²) in [5, 5.41) is 17.3. The van der Waals surface area contributed by atoms with E-state index >= 15 is 0 Å². The number of ether oxygens (including phenoxy) is 1. The quantitative estimate of drug-likeness (QED) is 0.365. The van der Waals surface area contributed by atoms with E-state index in [1.165, 1.54) is 30.5 Å². The fourth-order valence-electron chi connectivity index (χ4n) is 2.50. The average molecular weight is 447 g/mol. The van der Waals surface area contributed by atoms with Gasteiger partial charge in [0.1, 0.15) is 22.5 Å². The van der Waals surface area contributed by atoms with Crippen molar-refractivity contribution in [1.82, 2.24) is 4.98 Å². The molecule has 3 aromatic rings. The summed E-state index contributed by atoms with van der Waals surface area (Å²) in [4.78, 5) is 27.0. The molecule has 1 heterocycles. The van der Waals surface area contributed by atoms with Crippen molar-refractivity contribution in [2.75, 3.05) is 10.6 Å².